The number of rotatable bonds is 7. The number of aromatic amines is 1. The molecular weight excluding hydrogens is 364 g/mol. The Morgan fingerprint density at radius 2 is 1.81 bits per heavy atom. The van der Waals surface area contributed by atoms with Crippen molar-refractivity contribution in [3.63, 3.8) is 0 Å². The summed E-state index contributed by atoms with van der Waals surface area (Å²) in [7, 11) is 0. The average molecular weight is 383 g/mol. The van der Waals surface area contributed by atoms with Crippen LogP contribution in [0.25, 0.3) is 10.9 Å². The van der Waals surface area contributed by atoms with Gasteiger partial charge in [-0.25, -0.2) is 0 Å². The zero-order chi connectivity index (χ0) is 19.2. The lowest BCUT2D eigenvalue weighted by Crippen LogP contribution is -2.27. The first-order chi connectivity index (χ1) is 13.0. The van der Waals surface area contributed by atoms with Crippen LogP contribution < -0.4 is 10.9 Å². The minimum absolute atomic E-state index is 0.0967. The molecule has 3 aromatic rings. The molecule has 0 fully saturated rings. The molecule has 3 rings (SSSR count). The Morgan fingerprint density at radius 3 is 2.63 bits per heavy atom. The number of amides is 1. The molecule has 1 amide bonds. The summed E-state index contributed by atoms with van der Waals surface area (Å²) >= 11 is 5.87. The van der Waals surface area contributed by atoms with Crippen molar-refractivity contribution in [2.75, 3.05) is 6.54 Å². The van der Waals surface area contributed by atoms with Crippen molar-refractivity contribution in [3.05, 3.63) is 81.1 Å². The smallest absolute Gasteiger partial charge is 0.251 e. The number of hydrogen-bond donors (Lipinski definition) is 2. The molecule has 0 aliphatic rings. The first kappa shape index (κ1) is 18.9. The number of carbonyl (C=O) groups excluding carboxylic acids is 2. The molecule has 5 nitrogen and oxygen atoms in total. The molecule has 2 aromatic carbocycles. The Kier molecular flexibility index (Phi) is 6.04. The third-order valence-electron chi connectivity index (χ3n) is 4.27. The second-order valence-electron chi connectivity index (χ2n) is 6.24. The van der Waals surface area contributed by atoms with Crippen LogP contribution in [-0.2, 0) is 11.2 Å². The van der Waals surface area contributed by atoms with E-state index in [0.717, 1.165) is 10.9 Å². The van der Waals surface area contributed by atoms with Gasteiger partial charge in [0, 0.05) is 41.1 Å². The highest BCUT2D eigenvalue weighted by Crippen LogP contribution is 2.13. The molecule has 1 heterocycles. The van der Waals surface area contributed by atoms with Crippen molar-refractivity contribution in [2.45, 2.75) is 19.3 Å². The van der Waals surface area contributed by atoms with Gasteiger partial charge in [-0.15, -0.1) is 0 Å². The van der Waals surface area contributed by atoms with Gasteiger partial charge in [-0.2, -0.15) is 0 Å². The number of H-pyrrole nitrogens is 1. The van der Waals surface area contributed by atoms with E-state index in [1.165, 1.54) is 0 Å². The molecule has 0 saturated heterocycles. The number of ketones is 1. The Balaban J connectivity index is 1.49. The van der Waals surface area contributed by atoms with Crippen molar-refractivity contribution >= 4 is 34.2 Å². The van der Waals surface area contributed by atoms with Crippen LogP contribution in [0.4, 0.5) is 0 Å². The average Bonchev–Trinajstić information content (AvgIpc) is 2.66. The molecule has 0 saturated carbocycles. The monoisotopic (exact) mass is 382 g/mol. The first-order valence-electron chi connectivity index (χ1n) is 8.69. The fourth-order valence-electron chi connectivity index (χ4n) is 2.84. The lowest BCUT2D eigenvalue weighted by molar-refractivity contribution is -0.121. The van der Waals surface area contributed by atoms with E-state index in [4.69, 9.17) is 11.6 Å². The predicted molar refractivity (Wildman–Crippen MR) is 106 cm³/mol. The summed E-state index contributed by atoms with van der Waals surface area (Å²) in [6, 6.07) is 16.0. The van der Waals surface area contributed by atoms with Gasteiger partial charge in [-0.3, -0.25) is 14.4 Å². The molecule has 0 radical (unpaired) electrons. The maximum Gasteiger partial charge on any atom is 0.251 e. The van der Waals surface area contributed by atoms with Crippen LogP contribution >= 0.6 is 11.6 Å². The van der Waals surface area contributed by atoms with E-state index < -0.39 is 0 Å². The highest BCUT2D eigenvalue weighted by atomic mass is 35.5. The molecule has 2 N–H and O–H groups in total. The van der Waals surface area contributed by atoms with Crippen molar-refractivity contribution in [2.24, 2.45) is 0 Å². The molecule has 1 aromatic heterocycles. The zero-order valence-corrected chi connectivity index (χ0v) is 15.4. The molecule has 0 aliphatic heterocycles. The van der Waals surface area contributed by atoms with E-state index in [1.54, 1.807) is 24.3 Å². The third kappa shape index (κ3) is 5.05. The molecule has 0 spiro atoms. The summed E-state index contributed by atoms with van der Waals surface area (Å²) in [5.74, 6) is -0.346. The number of para-hydroxylation sites is 1. The molecular formula is C21H19ClN2O3. The highest BCUT2D eigenvalue weighted by Gasteiger charge is 2.10. The number of halogens is 1. The number of aromatic nitrogens is 1. The number of pyridine rings is 1. The lowest BCUT2D eigenvalue weighted by atomic mass is 10.1. The van der Waals surface area contributed by atoms with E-state index in [2.05, 4.69) is 10.3 Å². The topological polar surface area (TPSA) is 79.0 Å². The number of nitrogens with one attached hydrogen (secondary N) is 2. The SMILES string of the molecule is O=C(CCC(=O)c1cccc(Cl)c1)NCCc1cc2ccccc2[nH]c1=O. The number of fused-ring (bicyclic) bond motifs is 1. The van der Waals surface area contributed by atoms with E-state index in [1.807, 2.05) is 30.3 Å². The van der Waals surface area contributed by atoms with Gasteiger partial charge in [0.05, 0.1) is 0 Å². The van der Waals surface area contributed by atoms with Crippen LogP contribution in [0.1, 0.15) is 28.8 Å². The van der Waals surface area contributed by atoms with Gasteiger partial charge in [0.15, 0.2) is 5.78 Å². The minimum Gasteiger partial charge on any atom is -0.356 e. The lowest BCUT2D eigenvalue weighted by Gasteiger charge is -2.06. The Bertz CT molecular complexity index is 1040. The number of benzene rings is 2. The van der Waals surface area contributed by atoms with Crippen LogP contribution in [-0.4, -0.2) is 23.2 Å². The summed E-state index contributed by atoms with van der Waals surface area (Å²) in [5.41, 5.74) is 1.75. The van der Waals surface area contributed by atoms with Gasteiger partial charge in [0.1, 0.15) is 0 Å². The van der Waals surface area contributed by atoms with E-state index in [-0.39, 0.29) is 30.1 Å². The fraction of sp³-hybridized carbons (Fsp3) is 0.190. The van der Waals surface area contributed by atoms with E-state index in [9.17, 15) is 14.4 Å². The summed E-state index contributed by atoms with van der Waals surface area (Å²) < 4.78 is 0. The van der Waals surface area contributed by atoms with Crippen LogP contribution in [0, 0.1) is 0 Å². The maximum absolute atomic E-state index is 12.1. The van der Waals surface area contributed by atoms with Crippen molar-refractivity contribution in [1.82, 2.24) is 10.3 Å². The third-order valence-corrected chi connectivity index (χ3v) is 4.51. The zero-order valence-electron chi connectivity index (χ0n) is 14.6. The van der Waals surface area contributed by atoms with Gasteiger partial charge < -0.3 is 10.3 Å². The predicted octanol–water partition coefficient (Wildman–Crippen LogP) is 3.50. The van der Waals surface area contributed by atoms with Crippen molar-refractivity contribution in [3.8, 4) is 0 Å². The van der Waals surface area contributed by atoms with Gasteiger partial charge >= 0.3 is 0 Å². The summed E-state index contributed by atoms with van der Waals surface area (Å²) in [6.45, 7) is 0.339. The second kappa shape index (κ2) is 8.64. The fourth-order valence-corrected chi connectivity index (χ4v) is 3.03. The van der Waals surface area contributed by atoms with Crippen LogP contribution in [0.5, 0.6) is 0 Å². The maximum atomic E-state index is 12.1. The highest BCUT2D eigenvalue weighted by molar-refractivity contribution is 6.31. The standard InChI is InChI=1S/C21H19ClN2O3/c22-17-6-3-5-15(13-17)19(25)8-9-20(26)23-11-10-16-12-14-4-1-2-7-18(14)24-21(16)27/h1-7,12-13H,8-11H2,(H,23,26)(H,24,27). The molecule has 0 bridgehead atoms. The van der Waals surface area contributed by atoms with Crippen LogP contribution in [0.15, 0.2) is 59.4 Å². The van der Waals surface area contributed by atoms with Gasteiger partial charge in [0.2, 0.25) is 5.91 Å². The van der Waals surface area contributed by atoms with Gasteiger partial charge in [-0.1, -0.05) is 41.9 Å². The molecule has 138 valence electrons. The number of carbonyl (C=O) groups is 2. The minimum atomic E-state index is -0.220. The van der Waals surface area contributed by atoms with E-state index >= 15 is 0 Å². The summed E-state index contributed by atoms with van der Waals surface area (Å²) in [6.07, 6.45) is 0.635. The first-order valence-corrected chi connectivity index (χ1v) is 9.07. The Morgan fingerprint density at radius 1 is 1.00 bits per heavy atom. The second-order valence-corrected chi connectivity index (χ2v) is 6.68. The van der Waals surface area contributed by atoms with E-state index in [0.29, 0.717) is 29.1 Å². The molecule has 6 heteroatoms. The molecule has 0 atom stereocenters. The number of hydrogen-bond acceptors (Lipinski definition) is 3. The summed E-state index contributed by atoms with van der Waals surface area (Å²) in [4.78, 5) is 39.0. The molecule has 0 aliphatic carbocycles. The van der Waals surface area contributed by atoms with Crippen molar-refractivity contribution in [1.29, 1.82) is 0 Å². The largest absolute Gasteiger partial charge is 0.356 e. The molecule has 27 heavy (non-hydrogen) atoms. The normalized spacial score (nSPS) is 10.7. The van der Waals surface area contributed by atoms with Crippen LogP contribution in [0.2, 0.25) is 5.02 Å². The molecule has 0 unspecified atom stereocenters. The van der Waals surface area contributed by atoms with Crippen molar-refractivity contribution < 1.29 is 9.59 Å². The van der Waals surface area contributed by atoms with Crippen LogP contribution in [0.3, 0.4) is 0 Å². The number of Topliss-reactive ketones (excluding diaryl/α,β-unsaturated/α-hetero) is 1. The summed E-state index contributed by atoms with van der Waals surface area (Å²) in [5, 5.41) is 4.20. The Hall–Kier alpha value is -2.92. The van der Waals surface area contributed by atoms with Gasteiger partial charge in [0.25, 0.3) is 5.56 Å². The quantitative estimate of drug-likeness (QED) is 0.614. The Labute approximate surface area is 161 Å². The van der Waals surface area contributed by atoms with Gasteiger partial charge in [-0.05, 0) is 36.1 Å².